The van der Waals surface area contributed by atoms with Crippen LogP contribution in [0.25, 0.3) is 106 Å². The Bertz CT molecular complexity index is 3240. The van der Waals surface area contributed by atoms with Crippen LogP contribution in [0.1, 0.15) is 0 Å². The number of rotatable bonds is 6. The molecule has 11 rings (SSSR count). The molecule has 4 nitrogen and oxygen atoms in total. The van der Waals surface area contributed by atoms with Crippen LogP contribution in [0.4, 0.5) is 0 Å². The summed E-state index contributed by atoms with van der Waals surface area (Å²) in [5.41, 5.74) is 15.1. The summed E-state index contributed by atoms with van der Waals surface area (Å²) in [5.74, 6) is 0.663. The molecule has 4 heteroatoms. The topological polar surface area (TPSA) is 43.9 Å². The molecule has 0 bridgehead atoms. The number of furan rings is 1. The molecule has 0 saturated heterocycles. The highest BCUT2D eigenvalue weighted by molar-refractivity contribution is 6.16. The fourth-order valence-electron chi connectivity index (χ4n) is 8.25. The number of para-hydroxylation sites is 3. The van der Waals surface area contributed by atoms with E-state index < -0.39 is 0 Å². The zero-order valence-corrected chi connectivity index (χ0v) is 30.3. The van der Waals surface area contributed by atoms with E-state index >= 15 is 0 Å². The fourth-order valence-corrected chi connectivity index (χ4v) is 8.25. The Morgan fingerprint density at radius 1 is 0.375 bits per heavy atom. The minimum Gasteiger partial charge on any atom is -0.451 e. The van der Waals surface area contributed by atoms with E-state index in [-0.39, 0.29) is 0 Å². The second-order valence-electron chi connectivity index (χ2n) is 14.1. The van der Waals surface area contributed by atoms with Gasteiger partial charge in [-0.3, -0.25) is 0 Å². The molecule has 0 aliphatic heterocycles. The van der Waals surface area contributed by atoms with Crippen LogP contribution in [-0.4, -0.2) is 14.5 Å². The monoisotopic (exact) mass is 715 g/mol. The number of aromatic nitrogens is 3. The van der Waals surface area contributed by atoms with Gasteiger partial charge in [-0.05, 0) is 70.3 Å². The molecule has 0 aliphatic rings. The van der Waals surface area contributed by atoms with Crippen LogP contribution in [-0.2, 0) is 0 Å². The Balaban J connectivity index is 1.11. The molecule has 56 heavy (non-hydrogen) atoms. The molecule has 8 aromatic carbocycles. The summed E-state index contributed by atoms with van der Waals surface area (Å²) in [6, 6.07) is 70.3. The van der Waals surface area contributed by atoms with Crippen molar-refractivity contribution in [2.45, 2.75) is 0 Å². The fraction of sp³-hybridized carbons (Fsp3) is 0. The Kier molecular flexibility index (Phi) is 7.46. The van der Waals surface area contributed by atoms with Gasteiger partial charge in [-0.25, -0.2) is 9.97 Å². The largest absolute Gasteiger partial charge is 0.451 e. The van der Waals surface area contributed by atoms with Crippen LogP contribution in [0.15, 0.2) is 205 Å². The molecule has 0 saturated carbocycles. The molecule has 0 atom stereocenters. The quantitative estimate of drug-likeness (QED) is 0.172. The van der Waals surface area contributed by atoms with Crippen LogP contribution in [0, 0.1) is 0 Å². The number of hydrogen-bond acceptors (Lipinski definition) is 3. The Morgan fingerprint density at radius 2 is 0.929 bits per heavy atom. The maximum Gasteiger partial charge on any atom is 0.180 e. The van der Waals surface area contributed by atoms with Crippen LogP contribution in [0.2, 0.25) is 0 Å². The predicted octanol–water partition coefficient (Wildman–Crippen LogP) is 13.8. The third-order valence-corrected chi connectivity index (χ3v) is 10.8. The maximum absolute atomic E-state index is 6.96. The first-order chi connectivity index (χ1) is 27.8. The maximum atomic E-state index is 6.96. The SMILES string of the molecule is c1ccc(-c2cccc(-c3nc(-c4ccccc4)nc4c3oc3c(-c5cccc(-c6cccc7c6c6ccccc6n7-c6ccccc6)c5)cccc34)c2)cc1. The van der Waals surface area contributed by atoms with E-state index in [9.17, 15) is 0 Å². The zero-order valence-electron chi connectivity index (χ0n) is 30.3. The van der Waals surface area contributed by atoms with E-state index in [0.717, 1.165) is 66.8 Å². The molecular formula is C52H33N3O. The van der Waals surface area contributed by atoms with Gasteiger partial charge < -0.3 is 8.98 Å². The molecule has 3 aromatic heterocycles. The molecule has 3 heterocycles. The molecular weight excluding hydrogens is 683 g/mol. The molecule has 0 aliphatic carbocycles. The van der Waals surface area contributed by atoms with E-state index in [0.29, 0.717) is 11.4 Å². The van der Waals surface area contributed by atoms with Gasteiger partial charge in [-0.1, -0.05) is 158 Å². The van der Waals surface area contributed by atoms with Gasteiger partial charge in [0.1, 0.15) is 16.8 Å². The molecule has 0 spiro atoms. The van der Waals surface area contributed by atoms with Gasteiger partial charge in [0.05, 0.1) is 11.0 Å². The van der Waals surface area contributed by atoms with Crippen molar-refractivity contribution < 1.29 is 4.42 Å². The number of hydrogen-bond donors (Lipinski definition) is 0. The second-order valence-corrected chi connectivity index (χ2v) is 14.1. The summed E-state index contributed by atoms with van der Waals surface area (Å²) in [5, 5.41) is 3.41. The lowest BCUT2D eigenvalue weighted by Gasteiger charge is -2.10. The van der Waals surface area contributed by atoms with E-state index in [1.54, 1.807) is 0 Å². The number of nitrogens with zero attached hydrogens (tertiary/aromatic N) is 3. The second kappa shape index (κ2) is 13.1. The highest BCUT2D eigenvalue weighted by Crippen LogP contribution is 2.43. The molecule has 0 radical (unpaired) electrons. The normalized spacial score (nSPS) is 11.6. The van der Waals surface area contributed by atoms with Gasteiger partial charge in [-0.2, -0.15) is 0 Å². The van der Waals surface area contributed by atoms with Crippen LogP contribution >= 0.6 is 0 Å². The lowest BCUT2D eigenvalue weighted by atomic mass is 9.95. The minimum atomic E-state index is 0.663. The lowest BCUT2D eigenvalue weighted by Crippen LogP contribution is -1.94. The van der Waals surface area contributed by atoms with Crippen LogP contribution < -0.4 is 0 Å². The van der Waals surface area contributed by atoms with Crippen molar-refractivity contribution in [3.8, 4) is 61.7 Å². The van der Waals surface area contributed by atoms with E-state index in [4.69, 9.17) is 14.4 Å². The number of fused-ring (bicyclic) bond motifs is 6. The standard InChI is InChI=1S/C52H33N3O/c1-4-16-34(17-5-1)36-20-12-23-39(32-36)48-51-49(54-52(53-48)35-18-6-2-7-19-35)44-29-14-28-42(50(44)56-51)38-22-13-21-37(33-38)41-27-15-31-46-47(41)43-26-10-11-30-45(43)55(46)40-24-8-3-9-25-40/h1-33H. The number of benzene rings is 8. The van der Waals surface area contributed by atoms with Gasteiger partial charge in [0.2, 0.25) is 0 Å². The first kappa shape index (κ1) is 31.9. The molecule has 0 unspecified atom stereocenters. The summed E-state index contributed by atoms with van der Waals surface area (Å²) >= 11 is 0. The summed E-state index contributed by atoms with van der Waals surface area (Å²) < 4.78 is 9.32. The average molecular weight is 716 g/mol. The van der Waals surface area contributed by atoms with Gasteiger partial charge >= 0.3 is 0 Å². The van der Waals surface area contributed by atoms with Crippen molar-refractivity contribution in [1.29, 1.82) is 0 Å². The highest BCUT2D eigenvalue weighted by atomic mass is 16.3. The average Bonchev–Trinajstić information content (AvgIpc) is 3.83. The van der Waals surface area contributed by atoms with Crippen molar-refractivity contribution in [3.63, 3.8) is 0 Å². The Hall–Kier alpha value is -7.56. The van der Waals surface area contributed by atoms with Crippen molar-refractivity contribution in [2.24, 2.45) is 0 Å². The Labute approximate surface area is 323 Å². The smallest absolute Gasteiger partial charge is 0.180 e. The third kappa shape index (κ3) is 5.23. The first-order valence-corrected chi connectivity index (χ1v) is 18.9. The van der Waals surface area contributed by atoms with Gasteiger partial charge in [0, 0.05) is 38.5 Å². The van der Waals surface area contributed by atoms with E-state index in [2.05, 4.69) is 180 Å². The summed E-state index contributed by atoms with van der Waals surface area (Å²) in [7, 11) is 0. The van der Waals surface area contributed by atoms with E-state index in [1.165, 1.54) is 27.4 Å². The van der Waals surface area contributed by atoms with Crippen molar-refractivity contribution in [2.75, 3.05) is 0 Å². The summed E-state index contributed by atoms with van der Waals surface area (Å²) in [6.45, 7) is 0. The molecule has 11 aromatic rings. The van der Waals surface area contributed by atoms with Gasteiger partial charge in [0.25, 0.3) is 0 Å². The lowest BCUT2D eigenvalue weighted by molar-refractivity contribution is 0.668. The summed E-state index contributed by atoms with van der Waals surface area (Å²) in [4.78, 5) is 10.4. The third-order valence-electron chi connectivity index (χ3n) is 10.8. The Morgan fingerprint density at radius 3 is 1.73 bits per heavy atom. The summed E-state index contributed by atoms with van der Waals surface area (Å²) in [6.07, 6.45) is 0. The van der Waals surface area contributed by atoms with Gasteiger partial charge in [-0.15, -0.1) is 0 Å². The van der Waals surface area contributed by atoms with E-state index in [1.807, 2.05) is 24.3 Å². The van der Waals surface area contributed by atoms with Crippen molar-refractivity contribution >= 4 is 43.9 Å². The highest BCUT2D eigenvalue weighted by Gasteiger charge is 2.22. The van der Waals surface area contributed by atoms with Crippen molar-refractivity contribution in [1.82, 2.24) is 14.5 Å². The minimum absolute atomic E-state index is 0.663. The molecule has 0 fully saturated rings. The predicted molar refractivity (Wildman–Crippen MR) is 231 cm³/mol. The van der Waals surface area contributed by atoms with Crippen LogP contribution in [0.3, 0.4) is 0 Å². The molecule has 262 valence electrons. The van der Waals surface area contributed by atoms with Crippen molar-refractivity contribution in [3.05, 3.63) is 200 Å². The zero-order chi connectivity index (χ0) is 37.0. The molecule has 0 amide bonds. The van der Waals surface area contributed by atoms with Gasteiger partial charge in [0.15, 0.2) is 11.4 Å². The first-order valence-electron chi connectivity index (χ1n) is 18.9. The molecule has 0 N–H and O–H groups in total. The van der Waals surface area contributed by atoms with Crippen LogP contribution in [0.5, 0.6) is 0 Å².